The van der Waals surface area contributed by atoms with Crippen LogP contribution in [0.15, 0.2) is 48.0 Å². The number of carbonyl (C=O) groups is 1. The van der Waals surface area contributed by atoms with Crippen molar-refractivity contribution in [1.29, 1.82) is 0 Å². The molecule has 0 spiro atoms. The van der Waals surface area contributed by atoms with Gasteiger partial charge in [-0.05, 0) is 67.9 Å². The van der Waals surface area contributed by atoms with Crippen LogP contribution in [0.5, 0.6) is 0 Å². The summed E-state index contributed by atoms with van der Waals surface area (Å²) in [6.07, 6.45) is 10.2. The number of rotatable bonds is 7. The van der Waals surface area contributed by atoms with Gasteiger partial charge < -0.3 is 14.8 Å². The van der Waals surface area contributed by atoms with Crippen LogP contribution in [0.3, 0.4) is 0 Å². The fourth-order valence-corrected chi connectivity index (χ4v) is 4.26. The van der Waals surface area contributed by atoms with Crippen molar-refractivity contribution < 1.29 is 4.79 Å². The number of aromatic amines is 1. The van der Waals surface area contributed by atoms with E-state index in [0.717, 1.165) is 49.2 Å². The second-order valence-electron chi connectivity index (χ2n) is 8.37. The predicted octanol–water partition coefficient (Wildman–Crippen LogP) is 3.39. The number of H-pyrrole nitrogens is 1. The van der Waals surface area contributed by atoms with Gasteiger partial charge in [-0.3, -0.25) is 14.6 Å². The Labute approximate surface area is 177 Å². The summed E-state index contributed by atoms with van der Waals surface area (Å²) in [6, 6.07) is 6.20. The van der Waals surface area contributed by atoms with E-state index < -0.39 is 0 Å². The van der Waals surface area contributed by atoms with E-state index >= 15 is 0 Å². The molecule has 2 aromatic rings. The maximum atomic E-state index is 12.9. The largest absolute Gasteiger partial charge is 0.362 e. The number of hydrogen-bond acceptors (Lipinski definition) is 4. The molecule has 158 valence electrons. The summed E-state index contributed by atoms with van der Waals surface area (Å²) < 4.78 is 0. The predicted molar refractivity (Wildman–Crippen MR) is 120 cm³/mol. The molecule has 1 N–H and O–H groups in total. The quantitative estimate of drug-likeness (QED) is 0.716. The molecule has 4 rings (SSSR count). The van der Waals surface area contributed by atoms with Crippen LogP contribution in [0.1, 0.15) is 38.3 Å². The fourth-order valence-electron chi connectivity index (χ4n) is 4.26. The van der Waals surface area contributed by atoms with E-state index in [9.17, 15) is 9.59 Å². The van der Waals surface area contributed by atoms with Gasteiger partial charge in [-0.15, -0.1) is 0 Å². The number of hydrogen-bond donors (Lipinski definition) is 1. The zero-order valence-electron chi connectivity index (χ0n) is 17.6. The van der Waals surface area contributed by atoms with Crippen LogP contribution in [0.25, 0.3) is 11.1 Å². The molecule has 1 saturated carbocycles. The lowest BCUT2D eigenvalue weighted by Crippen LogP contribution is -2.51. The van der Waals surface area contributed by atoms with Crippen molar-refractivity contribution >= 4 is 11.6 Å². The molecule has 6 heteroatoms. The van der Waals surface area contributed by atoms with Gasteiger partial charge in [0.15, 0.2) is 0 Å². The molecule has 6 nitrogen and oxygen atoms in total. The fraction of sp³-hybridized carbons (Fsp3) is 0.458. The van der Waals surface area contributed by atoms with Gasteiger partial charge in [-0.2, -0.15) is 0 Å². The summed E-state index contributed by atoms with van der Waals surface area (Å²) in [5.41, 5.74) is 3.69. The van der Waals surface area contributed by atoms with Gasteiger partial charge >= 0.3 is 0 Å². The monoisotopic (exact) mass is 406 g/mol. The highest BCUT2D eigenvalue weighted by molar-refractivity contribution is 5.87. The molecule has 2 aromatic heterocycles. The van der Waals surface area contributed by atoms with Crippen LogP contribution in [0.4, 0.5) is 5.69 Å². The van der Waals surface area contributed by atoms with Gasteiger partial charge in [0.25, 0.3) is 5.56 Å². The maximum Gasteiger partial charge on any atom is 0.271 e. The minimum Gasteiger partial charge on any atom is -0.362 e. The van der Waals surface area contributed by atoms with Crippen LogP contribution in [-0.4, -0.2) is 46.5 Å². The molecule has 0 radical (unpaired) electrons. The van der Waals surface area contributed by atoms with Crippen LogP contribution in [0, 0.1) is 5.92 Å². The topological polar surface area (TPSA) is 69.3 Å². The molecule has 1 atom stereocenters. The lowest BCUT2D eigenvalue weighted by Gasteiger charge is -2.40. The molecule has 1 saturated heterocycles. The van der Waals surface area contributed by atoms with Crippen molar-refractivity contribution in [2.75, 3.05) is 24.5 Å². The van der Waals surface area contributed by atoms with E-state index in [1.165, 1.54) is 18.9 Å². The molecule has 1 aliphatic carbocycles. The van der Waals surface area contributed by atoms with E-state index in [0.29, 0.717) is 18.2 Å². The second kappa shape index (κ2) is 8.86. The summed E-state index contributed by atoms with van der Waals surface area (Å²) in [4.78, 5) is 36.5. The number of carbonyl (C=O) groups excluding carboxylic acids is 1. The Kier molecular flexibility index (Phi) is 6.02. The van der Waals surface area contributed by atoms with E-state index in [2.05, 4.69) is 34.4 Å². The summed E-state index contributed by atoms with van der Waals surface area (Å²) in [7, 11) is 0. The highest BCUT2D eigenvalue weighted by Gasteiger charge is 2.33. The molecule has 2 fully saturated rings. The average Bonchev–Trinajstić information content (AvgIpc) is 3.62. The van der Waals surface area contributed by atoms with Crippen molar-refractivity contribution in [2.24, 2.45) is 5.92 Å². The summed E-state index contributed by atoms with van der Waals surface area (Å²) in [6.45, 7) is 7.97. The third-order valence-electron chi connectivity index (χ3n) is 6.18. The van der Waals surface area contributed by atoms with Crippen molar-refractivity contribution in [2.45, 2.75) is 45.1 Å². The van der Waals surface area contributed by atoms with E-state index in [1.54, 1.807) is 6.20 Å². The van der Waals surface area contributed by atoms with Gasteiger partial charge in [-0.1, -0.05) is 13.5 Å². The minimum absolute atomic E-state index is 0.0300. The van der Waals surface area contributed by atoms with Crippen LogP contribution < -0.4 is 10.5 Å². The van der Waals surface area contributed by atoms with Gasteiger partial charge in [0.2, 0.25) is 5.91 Å². The highest BCUT2D eigenvalue weighted by atomic mass is 16.2. The zero-order valence-corrected chi connectivity index (χ0v) is 17.6. The Morgan fingerprint density at radius 1 is 1.33 bits per heavy atom. The number of nitrogens with one attached hydrogen (secondary N) is 1. The van der Waals surface area contributed by atoms with Crippen molar-refractivity contribution in [3.8, 4) is 11.1 Å². The standard InChI is InChI=1S/C24H30N4O2/c1-3-20-12-18(9-10-25-20)19-13-22(24(30)26-14-19)28(15-17-7-8-17)21-6-5-11-27(16-21)23(29)4-2/h4,9-10,12-14,17,21H,2-3,5-8,11,15-16H2,1H3,(H,26,30). The minimum atomic E-state index is -0.0728. The Bertz CT molecular complexity index is 979. The summed E-state index contributed by atoms with van der Waals surface area (Å²) in [5, 5.41) is 0. The molecular formula is C24H30N4O2. The van der Waals surface area contributed by atoms with Gasteiger partial charge in [-0.25, -0.2) is 0 Å². The first-order chi connectivity index (χ1) is 14.6. The smallest absolute Gasteiger partial charge is 0.271 e. The molecule has 2 aliphatic rings. The Morgan fingerprint density at radius 3 is 2.90 bits per heavy atom. The number of aryl methyl sites for hydroxylation is 1. The second-order valence-corrected chi connectivity index (χ2v) is 8.37. The van der Waals surface area contributed by atoms with Gasteiger partial charge in [0.1, 0.15) is 5.69 Å². The first kappa shape index (κ1) is 20.4. The third kappa shape index (κ3) is 4.48. The molecule has 0 aromatic carbocycles. The van der Waals surface area contributed by atoms with Gasteiger partial charge in [0, 0.05) is 49.3 Å². The first-order valence-electron chi connectivity index (χ1n) is 10.9. The van der Waals surface area contributed by atoms with Crippen molar-refractivity contribution in [3.05, 3.63) is 59.3 Å². The summed E-state index contributed by atoms with van der Waals surface area (Å²) in [5.74, 6) is 0.601. The molecule has 1 aliphatic heterocycles. The van der Waals surface area contributed by atoms with Crippen LogP contribution in [0.2, 0.25) is 0 Å². The molecular weight excluding hydrogens is 376 g/mol. The molecule has 30 heavy (non-hydrogen) atoms. The Hall–Kier alpha value is -2.89. The lowest BCUT2D eigenvalue weighted by molar-refractivity contribution is -0.127. The number of nitrogens with zero attached hydrogens (tertiary/aromatic N) is 3. The number of aromatic nitrogens is 2. The highest BCUT2D eigenvalue weighted by Crippen LogP contribution is 2.34. The van der Waals surface area contributed by atoms with E-state index in [1.807, 2.05) is 23.2 Å². The van der Waals surface area contributed by atoms with E-state index in [4.69, 9.17) is 0 Å². The van der Waals surface area contributed by atoms with Crippen LogP contribution >= 0.6 is 0 Å². The Balaban J connectivity index is 1.67. The van der Waals surface area contributed by atoms with Crippen molar-refractivity contribution in [1.82, 2.24) is 14.9 Å². The average molecular weight is 407 g/mol. The number of amides is 1. The SMILES string of the molecule is C=CC(=O)N1CCCC(N(CC2CC2)c2cc(-c3ccnc(CC)c3)c[nH]c2=O)C1. The summed E-state index contributed by atoms with van der Waals surface area (Å²) >= 11 is 0. The first-order valence-corrected chi connectivity index (χ1v) is 10.9. The molecule has 0 bridgehead atoms. The third-order valence-corrected chi connectivity index (χ3v) is 6.18. The molecule has 3 heterocycles. The maximum absolute atomic E-state index is 12.9. The normalized spacial score (nSPS) is 18.8. The number of pyridine rings is 2. The number of piperidine rings is 1. The molecule has 1 amide bonds. The van der Waals surface area contributed by atoms with E-state index in [-0.39, 0.29) is 17.5 Å². The zero-order chi connectivity index (χ0) is 21.1. The number of likely N-dealkylation sites (tertiary alicyclic amines) is 1. The lowest BCUT2D eigenvalue weighted by atomic mass is 10.0. The Morgan fingerprint density at radius 2 is 2.17 bits per heavy atom. The number of anilines is 1. The molecule has 1 unspecified atom stereocenters. The van der Waals surface area contributed by atoms with Crippen LogP contribution in [-0.2, 0) is 11.2 Å². The van der Waals surface area contributed by atoms with Crippen molar-refractivity contribution in [3.63, 3.8) is 0 Å². The van der Waals surface area contributed by atoms with Gasteiger partial charge in [0.05, 0.1) is 0 Å².